The van der Waals surface area contributed by atoms with Gasteiger partial charge in [-0.05, 0) is 36.8 Å². The van der Waals surface area contributed by atoms with E-state index in [1.165, 1.54) is 4.90 Å². The van der Waals surface area contributed by atoms with E-state index < -0.39 is 10.0 Å². The molecular weight excluding hydrogens is 380 g/mol. The number of rotatable bonds is 9. The number of carbonyl (C=O) groups is 1. The van der Waals surface area contributed by atoms with E-state index in [2.05, 4.69) is 0 Å². The van der Waals surface area contributed by atoms with E-state index in [-0.39, 0.29) is 12.5 Å². The zero-order valence-electron chi connectivity index (χ0n) is 16.6. The van der Waals surface area contributed by atoms with Gasteiger partial charge >= 0.3 is 0 Å². The molecule has 0 unspecified atom stereocenters. The van der Waals surface area contributed by atoms with Crippen LogP contribution < -0.4 is 13.8 Å². The zero-order valence-corrected chi connectivity index (χ0v) is 17.4. The molecule has 0 aliphatic carbocycles. The lowest BCUT2D eigenvalue weighted by molar-refractivity contribution is -0.128. The van der Waals surface area contributed by atoms with Gasteiger partial charge in [-0.2, -0.15) is 0 Å². The van der Waals surface area contributed by atoms with Crippen LogP contribution >= 0.6 is 0 Å². The summed E-state index contributed by atoms with van der Waals surface area (Å²) >= 11 is 0. The van der Waals surface area contributed by atoms with Crippen molar-refractivity contribution in [1.29, 1.82) is 0 Å². The molecule has 0 N–H and O–H groups in total. The summed E-state index contributed by atoms with van der Waals surface area (Å²) in [5.74, 6) is 0.821. The van der Waals surface area contributed by atoms with Crippen LogP contribution in [0.15, 0.2) is 48.5 Å². The maximum absolute atomic E-state index is 12.7. The number of anilines is 1. The first-order chi connectivity index (χ1) is 13.3. The molecule has 0 radical (unpaired) electrons. The lowest BCUT2D eigenvalue weighted by atomic mass is 10.2. The fraction of sp³-hybridized carbons (Fsp3) is 0.350. The number of methoxy groups -OCH3 is 1. The van der Waals surface area contributed by atoms with Gasteiger partial charge in [-0.1, -0.05) is 24.3 Å². The van der Waals surface area contributed by atoms with E-state index in [1.807, 2.05) is 31.2 Å². The van der Waals surface area contributed by atoms with E-state index in [0.29, 0.717) is 24.6 Å². The highest BCUT2D eigenvalue weighted by molar-refractivity contribution is 7.92. The molecule has 0 saturated carbocycles. The molecule has 0 aliphatic rings. The first-order valence-electron chi connectivity index (χ1n) is 8.82. The van der Waals surface area contributed by atoms with Gasteiger partial charge in [0.05, 0.1) is 25.7 Å². The monoisotopic (exact) mass is 406 g/mol. The minimum atomic E-state index is -3.68. The van der Waals surface area contributed by atoms with Gasteiger partial charge in [0, 0.05) is 13.6 Å². The van der Waals surface area contributed by atoms with Gasteiger partial charge < -0.3 is 14.4 Å². The normalized spacial score (nSPS) is 11.0. The highest BCUT2D eigenvalue weighted by Crippen LogP contribution is 2.29. The van der Waals surface area contributed by atoms with Crippen LogP contribution in [0, 0.1) is 0 Å². The standard InChI is InChI=1S/C20H26N2O5S/c1-5-27-19-9-7-6-8-18(19)22(28(4,24)25)15-20(23)21(2)14-16-10-12-17(26-3)13-11-16/h6-13H,5,14-15H2,1-4H3. The summed E-state index contributed by atoms with van der Waals surface area (Å²) in [5.41, 5.74) is 1.26. The Morgan fingerprint density at radius 1 is 1.07 bits per heavy atom. The molecule has 8 heteroatoms. The second kappa shape index (κ2) is 9.45. The van der Waals surface area contributed by atoms with Crippen molar-refractivity contribution in [3.8, 4) is 11.5 Å². The maximum atomic E-state index is 12.7. The Bertz CT molecular complexity index is 897. The minimum Gasteiger partial charge on any atom is -0.497 e. The number of para-hydroxylation sites is 2. The van der Waals surface area contributed by atoms with E-state index in [4.69, 9.17) is 9.47 Å². The third-order valence-electron chi connectivity index (χ3n) is 4.12. The Balaban J connectivity index is 2.19. The molecule has 0 saturated heterocycles. The Kier molecular flexibility index (Phi) is 7.28. The summed E-state index contributed by atoms with van der Waals surface area (Å²) < 4.78 is 36.5. The molecule has 2 aromatic rings. The number of benzene rings is 2. The highest BCUT2D eigenvalue weighted by atomic mass is 32.2. The number of amides is 1. The van der Waals surface area contributed by atoms with Crippen LogP contribution in [-0.2, 0) is 21.4 Å². The maximum Gasteiger partial charge on any atom is 0.243 e. The van der Waals surface area contributed by atoms with E-state index in [9.17, 15) is 13.2 Å². The van der Waals surface area contributed by atoms with Crippen molar-refractivity contribution in [3.05, 3.63) is 54.1 Å². The van der Waals surface area contributed by atoms with Crippen LogP contribution in [0.25, 0.3) is 0 Å². The first-order valence-corrected chi connectivity index (χ1v) is 10.7. The quantitative estimate of drug-likeness (QED) is 0.640. The molecule has 0 spiro atoms. The Hall–Kier alpha value is -2.74. The van der Waals surface area contributed by atoms with Crippen molar-refractivity contribution in [3.63, 3.8) is 0 Å². The first kappa shape index (κ1) is 21.6. The molecular formula is C20H26N2O5S. The minimum absolute atomic E-state index is 0.310. The summed E-state index contributed by atoms with van der Waals surface area (Å²) in [5, 5.41) is 0. The molecule has 28 heavy (non-hydrogen) atoms. The predicted octanol–water partition coefficient (Wildman–Crippen LogP) is 2.52. The molecule has 0 heterocycles. The van der Waals surface area contributed by atoms with Gasteiger partial charge in [-0.3, -0.25) is 9.10 Å². The molecule has 1 amide bonds. The van der Waals surface area contributed by atoms with Crippen molar-refractivity contribution in [2.75, 3.05) is 37.9 Å². The molecule has 0 atom stereocenters. The lowest BCUT2D eigenvalue weighted by Gasteiger charge is -2.26. The molecule has 0 fully saturated rings. The van der Waals surface area contributed by atoms with Crippen molar-refractivity contribution in [1.82, 2.24) is 4.90 Å². The smallest absolute Gasteiger partial charge is 0.243 e. The average molecular weight is 407 g/mol. The van der Waals surface area contributed by atoms with E-state index >= 15 is 0 Å². The van der Waals surface area contributed by atoms with Crippen molar-refractivity contribution in [2.24, 2.45) is 0 Å². The molecule has 2 aromatic carbocycles. The fourth-order valence-corrected chi connectivity index (χ4v) is 3.51. The van der Waals surface area contributed by atoms with Gasteiger partial charge in [-0.25, -0.2) is 8.42 Å². The largest absolute Gasteiger partial charge is 0.497 e. The SMILES string of the molecule is CCOc1ccccc1N(CC(=O)N(C)Cc1ccc(OC)cc1)S(C)(=O)=O. The van der Waals surface area contributed by atoms with E-state index in [0.717, 1.165) is 21.9 Å². The predicted molar refractivity (Wildman–Crippen MR) is 109 cm³/mol. The molecule has 0 aromatic heterocycles. The third-order valence-corrected chi connectivity index (χ3v) is 5.24. The number of hydrogen-bond acceptors (Lipinski definition) is 5. The molecule has 152 valence electrons. The fourth-order valence-electron chi connectivity index (χ4n) is 2.66. The van der Waals surface area contributed by atoms with Gasteiger partial charge in [-0.15, -0.1) is 0 Å². The van der Waals surface area contributed by atoms with Crippen LogP contribution in [0.1, 0.15) is 12.5 Å². The van der Waals surface area contributed by atoms with Crippen LogP contribution in [-0.4, -0.2) is 52.8 Å². The molecule has 0 bridgehead atoms. The Morgan fingerprint density at radius 3 is 2.29 bits per heavy atom. The summed E-state index contributed by atoms with van der Waals surface area (Å²) in [6.45, 7) is 2.25. The number of carbonyl (C=O) groups excluding carboxylic acids is 1. The van der Waals surface area contributed by atoms with Crippen LogP contribution in [0.4, 0.5) is 5.69 Å². The van der Waals surface area contributed by atoms with Crippen molar-refractivity contribution >= 4 is 21.6 Å². The van der Waals surface area contributed by atoms with Gasteiger partial charge in [0.2, 0.25) is 15.9 Å². The van der Waals surface area contributed by atoms with Gasteiger partial charge in [0.15, 0.2) is 0 Å². The molecule has 7 nitrogen and oxygen atoms in total. The second-order valence-electron chi connectivity index (χ2n) is 6.27. The topological polar surface area (TPSA) is 76.2 Å². The molecule has 0 aliphatic heterocycles. The Morgan fingerprint density at radius 2 is 1.71 bits per heavy atom. The summed E-state index contributed by atoms with van der Waals surface area (Å²) in [7, 11) is -0.452. The van der Waals surface area contributed by atoms with Crippen molar-refractivity contribution < 1.29 is 22.7 Å². The van der Waals surface area contributed by atoms with Gasteiger partial charge in [0.25, 0.3) is 0 Å². The van der Waals surface area contributed by atoms with Crippen LogP contribution in [0.3, 0.4) is 0 Å². The highest BCUT2D eigenvalue weighted by Gasteiger charge is 2.25. The van der Waals surface area contributed by atoms with E-state index in [1.54, 1.807) is 38.4 Å². The number of ether oxygens (including phenoxy) is 2. The average Bonchev–Trinajstić information content (AvgIpc) is 2.66. The third kappa shape index (κ3) is 5.63. The number of sulfonamides is 1. The second-order valence-corrected chi connectivity index (χ2v) is 8.18. The summed E-state index contributed by atoms with van der Waals surface area (Å²) in [6.07, 6.45) is 1.08. The molecule has 2 rings (SSSR count). The number of hydrogen-bond donors (Lipinski definition) is 0. The van der Waals surface area contributed by atoms with Crippen molar-refractivity contribution in [2.45, 2.75) is 13.5 Å². The Labute approximate surface area is 166 Å². The number of likely N-dealkylation sites (N-methyl/N-ethyl adjacent to an activating group) is 1. The van der Waals surface area contributed by atoms with Crippen LogP contribution in [0.2, 0.25) is 0 Å². The number of nitrogens with zero attached hydrogens (tertiary/aromatic N) is 2. The van der Waals surface area contributed by atoms with Gasteiger partial charge in [0.1, 0.15) is 18.0 Å². The summed E-state index contributed by atoms with van der Waals surface area (Å²) in [6, 6.07) is 14.1. The zero-order chi connectivity index (χ0) is 20.7. The van der Waals surface area contributed by atoms with Crippen LogP contribution in [0.5, 0.6) is 11.5 Å². The lowest BCUT2D eigenvalue weighted by Crippen LogP contribution is -2.41. The summed E-state index contributed by atoms with van der Waals surface area (Å²) in [4.78, 5) is 14.2.